The van der Waals surface area contributed by atoms with Crippen molar-refractivity contribution in [3.63, 3.8) is 0 Å². The molecule has 1 saturated carbocycles. The van der Waals surface area contributed by atoms with Crippen molar-refractivity contribution in [3.05, 3.63) is 128 Å². The van der Waals surface area contributed by atoms with Gasteiger partial charge in [0.2, 0.25) is 11.8 Å². The smallest absolute Gasteiger partial charge is 0.264 e. The lowest BCUT2D eigenvalue weighted by atomic mass is 9.94. The monoisotopic (exact) mass is 803 g/mol. The van der Waals surface area contributed by atoms with Crippen molar-refractivity contribution in [2.45, 2.75) is 62.0 Å². The van der Waals surface area contributed by atoms with Gasteiger partial charge in [-0.3, -0.25) is 13.9 Å². The summed E-state index contributed by atoms with van der Waals surface area (Å²) in [6, 6.07) is 28.5. The Hall–Kier alpha value is -3.12. The van der Waals surface area contributed by atoms with Crippen molar-refractivity contribution in [1.82, 2.24) is 10.2 Å². The SMILES string of the molecule is O=C(NC1CCCCC1)C(Cc1ccccc1)N(Cc1c(Cl)cccc1Cl)C(=O)CN(c1ccc(I)cc1)S(=O)(=O)c1ccccc1. The van der Waals surface area contributed by atoms with Gasteiger partial charge < -0.3 is 10.2 Å². The maximum Gasteiger partial charge on any atom is 0.264 e. The molecule has 0 aliphatic heterocycles. The standard InChI is InChI=1S/C36H36Cl2IN3O4S/c37-32-17-10-18-33(38)31(32)24-41(34(23-26-11-4-1-5-12-26)36(44)40-28-13-6-2-7-14-28)35(43)25-42(29-21-19-27(39)20-22-29)47(45,46)30-15-8-3-9-16-30/h1,3-5,8-12,15-22,28,34H,2,6-7,13-14,23-25H2,(H,40,44). The lowest BCUT2D eigenvalue weighted by molar-refractivity contribution is -0.140. The number of hydrogen-bond donors (Lipinski definition) is 1. The molecule has 5 rings (SSSR count). The van der Waals surface area contributed by atoms with Crippen molar-refractivity contribution in [2.75, 3.05) is 10.8 Å². The number of amides is 2. The van der Waals surface area contributed by atoms with Crippen molar-refractivity contribution in [3.8, 4) is 0 Å². The van der Waals surface area contributed by atoms with Crippen LogP contribution in [0, 0.1) is 3.57 Å². The molecule has 11 heteroatoms. The summed E-state index contributed by atoms with van der Waals surface area (Å²) in [6.07, 6.45) is 5.11. The summed E-state index contributed by atoms with van der Waals surface area (Å²) >= 11 is 15.4. The number of carbonyl (C=O) groups excluding carboxylic acids is 2. The maximum absolute atomic E-state index is 14.7. The fourth-order valence-electron chi connectivity index (χ4n) is 5.81. The Labute approximate surface area is 300 Å². The zero-order valence-electron chi connectivity index (χ0n) is 25.7. The van der Waals surface area contributed by atoms with Crippen LogP contribution in [0.25, 0.3) is 0 Å². The molecule has 4 aromatic rings. The molecule has 47 heavy (non-hydrogen) atoms. The third kappa shape index (κ3) is 9.07. The minimum Gasteiger partial charge on any atom is -0.352 e. The van der Waals surface area contributed by atoms with E-state index in [4.69, 9.17) is 23.2 Å². The predicted octanol–water partition coefficient (Wildman–Crippen LogP) is 7.88. The van der Waals surface area contributed by atoms with Gasteiger partial charge in [0.15, 0.2) is 0 Å². The van der Waals surface area contributed by atoms with E-state index in [2.05, 4.69) is 27.9 Å². The number of carbonyl (C=O) groups is 2. The molecule has 0 bridgehead atoms. The zero-order chi connectivity index (χ0) is 33.4. The molecule has 1 aliphatic carbocycles. The molecule has 7 nitrogen and oxygen atoms in total. The third-order valence-corrected chi connectivity index (χ3v) is 11.6. The molecule has 0 radical (unpaired) electrons. The van der Waals surface area contributed by atoms with Crippen LogP contribution < -0.4 is 9.62 Å². The lowest BCUT2D eigenvalue weighted by Crippen LogP contribution is -2.55. The number of sulfonamides is 1. The molecule has 0 aromatic heterocycles. The Morgan fingerprint density at radius 2 is 1.40 bits per heavy atom. The number of anilines is 1. The van der Waals surface area contributed by atoms with Crippen LogP contribution in [0.3, 0.4) is 0 Å². The highest BCUT2D eigenvalue weighted by Crippen LogP contribution is 2.29. The minimum absolute atomic E-state index is 0.00266. The van der Waals surface area contributed by atoms with E-state index >= 15 is 0 Å². The van der Waals surface area contributed by atoms with Gasteiger partial charge in [0.25, 0.3) is 10.0 Å². The Morgan fingerprint density at radius 3 is 2.02 bits per heavy atom. The Morgan fingerprint density at radius 1 is 0.809 bits per heavy atom. The highest BCUT2D eigenvalue weighted by atomic mass is 127. The Kier molecular flexibility index (Phi) is 12.2. The summed E-state index contributed by atoms with van der Waals surface area (Å²) in [7, 11) is -4.18. The van der Waals surface area contributed by atoms with Crippen molar-refractivity contribution in [2.24, 2.45) is 0 Å². The van der Waals surface area contributed by atoms with E-state index in [0.29, 0.717) is 21.3 Å². The normalized spacial score (nSPS) is 14.3. The first-order chi connectivity index (χ1) is 22.6. The zero-order valence-corrected chi connectivity index (χ0v) is 30.2. The molecule has 0 spiro atoms. The first kappa shape index (κ1) is 35.2. The van der Waals surface area contributed by atoms with Gasteiger partial charge >= 0.3 is 0 Å². The highest BCUT2D eigenvalue weighted by molar-refractivity contribution is 14.1. The fraction of sp³-hybridized carbons (Fsp3) is 0.278. The van der Waals surface area contributed by atoms with E-state index in [1.165, 1.54) is 17.0 Å². The maximum atomic E-state index is 14.7. The highest BCUT2D eigenvalue weighted by Gasteiger charge is 2.36. The van der Waals surface area contributed by atoms with E-state index in [1.54, 1.807) is 60.7 Å². The van der Waals surface area contributed by atoms with Crippen molar-refractivity contribution in [1.29, 1.82) is 0 Å². The molecular weight excluding hydrogens is 768 g/mol. The molecule has 1 unspecified atom stereocenters. The quantitative estimate of drug-likeness (QED) is 0.148. The topological polar surface area (TPSA) is 86.8 Å². The molecule has 1 atom stereocenters. The Balaban J connectivity index is 1.58. The molecule has 0 heterocycles. The van der Waals surface area contributed by atoms with Crippen molar-refractivity contribution < 1.29 is 18.0 Å². The van der Waals surface area contributed by atoms with Crippen LogP contribution in [-0.4, -0.2) is 43.8 Å². The number of nitrogens with one attached hydrogen (secondary N) is 1. The molecule has 1 fully saturated rings. The fourth-order valence-corrected chi connectivity index (χ4v) is 8.12. The van der Waals surface area contributed by atoms with Gasteiger partial charge in [0.05, 0.1) is 10.6 Å². The molecule has 1 aliphatic rings. The molecule has 1 N–H and O–H groups in total. The molecule has 4 aromatic carbocycles. The van der Waals surface area contributed by atoms with E-state index in [0.717, 1.165) is 45.5 Å². The van der Waals surface area contributed by atoms with Crippen LogP contribution in [-0.2, 0) is 32.6 Å². The van der Waals surface area contributed by atoms with E-state index in [9.17, 15) is 18.0 Å². The summed E-state index contributed by atoms with van der Waals surface area (Å²) in [5, 5.41) is 3.89. The number of nitrogens with zero attached hydrogens (tertiary/aromatic N) is 2. The molecule has 0 saturated heterocycles. The van der Waals surface area contributed by atoms with Crippen LogP contribution in [0.2, 0.25) is 10.0 Å². The average Bonchev–Trinajstić information content (AvgIpc) is 3.08. The number of rotatable bonds is 12. The van der Waals surface area contributed by atoms with Crippen LogP contribution in [0.5, 0.6) is 0 Å². The van der Waals surface area contributed by atoms with Crippen molar-refractivity contribution >= 4 is 73.3 Å². The summed E-state index contributed by atoms with van der Waals surface area (Å²) < 4.78 is 30.3. The number of halogens is 3. The second kappa shape index (κ2) is 16.3. The molecule has 2 amide bonds. The van der Waals surface area contributed by atoms with E-state index < -0.39 is 28.5 Å². The second-order valence-electron chi connectivity index (χ2n) is 11.6. The summed E-state index contributed by atoms with van der Waals surface area (Å²) in [5.41, 5.74) is 1.65. The first-order valence-electron chi connectivity index (χ1n) is 15.5. The van der Waals surface area contributed by atoms with E-state index in [1.807, 2.05) is 30.3 Å². The molecule has 246 valence electrons. The largest absolute Gasteiger partial charge is 0.352 e. The van der Waals surface area contributed by atoms with Gasteiger partial charge in [-0.15, -0.1) is 0 Å². The molecular formula is C36H36Cl2IN3O4S. The van der Waals surface area contributed by atoms with E-state index in [-0.39, 0.29) is 29.8 Å². The number of benzene rings is 4. The van der Waals surface area contributed by atoms with Crippen LogP contribution >= 0.6 is 45.8 Å². The van der Waals surface area contributed by atoms with Gasteiger partial charge in [-0.25, -0.2) is 8.42 Å². The lowest BCUT2D eigenvalue weighted by Gasteiger charge is -2.35. The average molecular weight is 805 g/mol. The summed E-state index contributed by atoms with van der Waals surface area (Å²) in [5.74, 6) is -0.872. The third-order valence-electron chi connectivity index (χ3n) is 8.34. The predicted molar refractivity (Wildman–Crippen MR) is 196 cm³/mol. The first-order valence-corrected chi connectivity index (χ1v) is 18.8. The van der Waals surface area contributed by atoms with Crippen LogP contribution in [0.1, 0.15) is 43.2 Å². The van der Waals surface area contributed by atoms with Gasteiger partial charge in [0, 0.05) is 38.2 Å². The van der Waals surface area contributed by atoms with Gasteiger partial charge in [-0.1, -0.05) is 97.1 Å². The summed E-state index contributed by atoms with van der Waals surface area (Å²) in [4.78, 5) is 30.4. The van der Waals surface area contributed by atoms with Gasteiger partial charge in [0.1, 0.15) is 12.6 Å². The van der Waals surface area contributed by atoms with Gasteiger partial charge in [-0.05, 0) is 89.5 Å². The second-order valence-corrected chi connectivity index (χ2v) is 15.5. The number of hydrogen-bond acceptors (Lipinski definition) is 4. The van der Waals surface area contributed by atoms with Crippen LogP contribution in [0.15, 0.2) is 108 Å². The van der Waals surface area contributed by atoms with Gasteiger partial charge in [-0.2, -0.15) is 0 Å². The van der Waals surface area contributed by atoms with Crippen LogP contribution in [0.4, 0.5) is 5.69 Å². The minimum atomic E-state index is -4.18. The summed E-state index contributed by atoms with van der Waals surface area (Å²) in [6.45, 7) is -0.652. The Bertz CT molecular complexity index is 1750.